The lowest BCUT2D eigenvalue weighted by Crippen LogP contribution is -2.32. The number of nitro groups is 1. The smallest absolute Gasteiger partial charge is 0.316 e. The number of benzene rings is 2. The second-order valence-corrected chi connectivity index (χ2v) is 7.19. The van der Waals surface area contributed by atoms with Crippen molar-refractivity contribution in [2.45, 2.75) is 31.2 Å². The number of carbonyl (C=O) groups is 2. The molecule has 148 valence electrons. The number of aryl methyl sites for hydroxylation is 1. The van der Waals surface area contributed by atoms with Crippen molar-refractivity contribution in [3.63, 3.8) is 0 Å². The standard InChI is InChI=1S/C20H22N2O5S/c1-3-18(15-6-4-14(2)5-7-15)21-19(23)12-27-20(24)13-28-17-10-8-16(9-11-17)22(25)26/h4-11,18H,3,12-13H2,1-2H3,(H,21,23)/t18-/m0/s1. The Morgan fingerprint density at radius 2 is 1.79 bits per heavy atom. The topological polar surface area (TPSA) is 98.5 Å². The molecule has 0 saturated heterocycles. The molecule has 1 N–H and O–H groups in total. The van der Waals surface area contributed by atoms with Crippen molar-refractivity contribution in [2.75, 3.05) is 12.4 Å². The highest BCUT2D eigenvalue weighted by Crippen LogP contribution is 2.21. The number of nitrogens with one attached hydrogen (secondary N) is 1. The third-order valence-electron chi connectivity index (χ3n) is 3.99. The summed E-state index contributed by atoms with van der Waals surface area (Å²) in [6.45, 7) is 3.62. The van der Waals surface area contributed by atoms with E-state index in [1.165, 1.54) is 23.9 Å². The summed E-state index contributed by atoms with van der Waals surface area (Å²) >= 11 is 1.19. The van der Waals surface area contributed by atoms with Crippen LogP contribution < -0.4 is 5.32 Å². The van der Waals surface area contributed by atoms with Crippen LogP contribution in [0.15, 0.2) is 53.4 Å². The SMILES string of the molecule is CC[C@H](NC(=O)COC(=O)CSc1ccc([N+](=O)[O-])cc1)c1ccc(C)cc1. The van der Waals surface area contributed by atoms with Gasteiger partial charge in [0, 0.05) is 17.0 Å². The minimum absolute atomic E-state index is 0.0114. The Hall–Kier alpha value is -2.87. The molecular weight excluding hydrogens is 380 g/mol. The van der Waals surface area contributed by atoms with Crippen molar-refractivity contribution in [3.8, 4) is 0 Å². The van der Waals surface area contributed by atoms with E-state index in [9.17, 15) is 19.7 Å². The van der Waals surface area contributed by atoms with Crippen LogP contribution in [-0.4, -0.2) is 29.2 Å². The second-order valence-electron chi connectivity index (χ2n) is 6.14. The van der Waals surface area contributed by atoms with Gasteiger partial charge >= 0.3 is 5.97 Å². The average molecular weight is 402 g/mol. The number of rotatable bonds is 9. The maximum Gasteiger partial charge on any atom is 0.316 e. The lowest BCUT2D eigenvalue weighted by Gasteiger charge is -2.17. The molecule has 0 aromatic heterocycles. The van der Waals surface area contributed by atoms with Gasteiger partial charge in [-0.15, -0.1) is 11.8 Å². The molecule has 0 spiro atoms. The van der Waals surface area contributed by atoms with E-state index in [-0.39, 0.29) is 30.0 Å². The van der Waals surface area contributed by atoms with Gasteiger partial charge in [0.2, 0.25) is 0 Å². The van der Waals surface area contributed by atoms with Gasteiger partial charge < -0.3 is 10.1 Å². The average Bonchev–Trinajstić information content (AvgIpc) is 2.70. The molecular formula is C20H22N2O5S. The molecule has 0 bridgehead atoms. The van der Waals surface area contributed by atoms with E-state index in [1.54, 1.807) is 12.1 Å². The highest BCUT2D eigenvalue weighted by atomic mass is 32.2. The van der Waals surface area contributed by atoms with E-state index in [0.717, 1.165) is 17.5 Å². The molecule has 2 rings (SSSR count). The number of nitrogens with zero attached hydrogens (tertiary/aromatic N) is 1. The molecule has 2 aromatic carbocycles. The molecule has 2 aromatic rings. The van der Waals surface area contributed by atoms with Crippen LogP contribution in [0.3, 0.4) is 0 Å². The fourth-order valence-corrected chi connectivity index (χ4v) is 3.15. The Kier molecular flexibility index (Phi) is 8.01. The third-order valence-corrected chi connectivity index (χ3v) is 4.98. The highest BCUT2D eigenvalue weighted by molar-refractivity contribution is 8.00. The Bertz CT molecular complexity index is 821. The number of nitro benzene ring substituents is 1. The van der Waals surface area contributed by atoms with Gasteiger partial charge in [-0.3, -0.25) is 19.7 Å². The van der Waals surface area contributed by atoms with Crippen molar-refractivity contribution >= 4 is 29.3 Å². The number of ether oxygens (including phenoxy) is 1. The van der Waals surface area contributed by atoms with Crippen molar-refractivity contribution in [3.05, 3.63) is 69.8 Å². The molecule has 0 aliphatic carbocycles. The van der Waals surface area contributed by atoms with Crippen LogP contribution in [0.1, 0.15) is 30.5 Å². The molecule has 0 saturated carbocycles. The van der Waals surface area contributed by atoms with Crippen LogP contribution in [0, 0.1) is 17.0 Å². The minimum Gasteiger partial charge on any atom is -0.455 e. The maximum absolute atomic E-state index is 12.1. The predicted octanol–water partition coefficient (Wildman–Crippen LogP) is 3.81. The van der Waals surface area contributed by atoms with E-state index >= 15 is 0 Å². The predicted molar refractivity (Wildman–Crippen MR) is 107 cm³/mol. The summed E-state index contributed by atoms with van der Waals surface area (Å²) in [6.07, 6.45) is 0.721. The molecule has 0 radical (unpaired) electrons. The summed E-state index contributed by atoms with van der Waals surface area (Å²) < 4.78 is 5.01. The monoisotopic (exact) mass is 402 g/mol. The first-order valence-corrected chi connectivity index (χ1v) is 9.76. The van der Waals surface area contributed by atoms with E-state index < -0.39 is 10.9 Å². The maximum atomic E-state index is 12.1. The third kappa shape index (κ3) is 6.70. The number of amides is 1. The van der Waals surface area contributed by atoms with Crippen molar-refractivity contribution in [1.29, 1.82) is 0 Å². The summed E-state index contributed by atoms with van der Waals surface area (Å²) in [5.41, 5.74) is 2.13. The zero-order valence-corrected chi connectivity index (χ0v) is 16.5. The van der Waals surface area contributed by atoms with Gasteiger partial charge in [0.1, 0.15) is 0 Å². The molecule has 28 heavy (non-hydrogen) atoms. The van der Waals surface area contributed by atoms with Gasteiger partial charge in [-0.25, -0.2) is 0 Å². The van der Waals surface area contributed by atoms with Crippen LogP contribution in [0.2, 0.25) is 0 Å². The molecule has 0 heterocycles. The fourth-order valence-electron chi connectivity index (χ4n) is 2.45. The zero-order valence-electron chi connectivity index (χ0n) is 15.7. The summed E-state index contributed by atoms with van der Waals surface area (Å²) in [5, 5.41) is 13.5. The van der Waals surface area contributed by atoms with Crippen molar-refractivity contribution in [2.24, 2.45) is 0 Å². The van der Waals surface area contributed by atoms with Gasteiger partial charge in [0.15, 0.2) is 6.61 Å². The highest BCUT2D eigenvalue weighted by Gasteiger charge is 2.14. The van der Waals surface area contributed by atoms with Crippen LogP contribution in [0.4, 0.5) is 5.69 Å². The minimum atomic E-state index is -0.526. The summed E-state index contributed by atoms with van der Waals surface area (Å²) in [7, 11) is 0. The van der Waals surface area contributed by atoms with E-state index in [0.29, 0.717) is 4.90 Å². The first-order chi connectivity index (χ1) is 13.4. The molecule has 0 fully saturated rings. The summed E-state index contributed by atoms with van der Waals surface area (Å²) in [5.74, 6) is -0.872. The van der Waals surface area contributed by atoms with E-state index in [4.69, 9.17) is 4.74 Å². The lowest BCUT2D eigenvalue weighted by atomic mass is 10.0. The summed E-state index contributed by atoms with van der Waals surface area (Å²) in [6, 6.07) is 13.6. The van der Waals surface area contributed by atoms with Gasteiger partial charge in [0.05, 0.1) is 16.7 Å². The zero-order chi connectivity index (χ0) is 20.5. The quantitative estimate of drug-likeness (QED) is 0.296. The van der Waals surface area contributed by atoms with Crippen LogP contribution in [-0.2, 0) is 14.3 Å². The number of thioether (sulfide) groups is 1. The van der Waals surface area contributed by atoms with Crippen LogP contribution in [0.5, 0.6) is 0 Å². The molecule has 1 atom stereocenters. The van der Waals surface area contributed by atoms with Crippen LogP contribution >= 0.6 is 11.8 Å². The Morgan fingerprint density at radius 3 is 2.36 bits per heavy atom. The first-order valence-electron chi connectivity index (χ1n) is 8.78. The van der Waals surface area contributed by atoms with Gasteiger partial charge in [0.25, 0.3) is 11.6 Å². The van der Waals surface area contributed by atoms with E-state index in [1.807, 2.05) is 38.1 Å². The molecule has 7 nitrogen and oxygen atoms in total. The summed E-state index contributed by atoms with van der Waals surface area (Å²) in [4.78, 5) is 34.7. The normalized spacial score (nSPS) is 11.5. The first kappa shape index (κ1) is 21.4. The van der Waals surface area contributed by atoms with Crippen molar-refractivity contribution < 1.29 is 19.2 Å². The molecule has 0 unspecified atom stereocenters. The van der Waals surface area contributed by atoms with Crippen molar-refractivity contribution in [1.82, 2.24) is 5.32 Å². The molecule has 0 aliphatic heterocycles. The van der Waals surface area contributed by atoms with Gasteiger partial charge in [-0.05, 0) is 31.0 Å². The van der Waals surface area contributed by atoms with Gasteiger partial charge in [-0.2, -0.15) is 0 Å². The number of non-ortho nitro benzene ring substituents is 1. The van der Waals surface area contributed by atoms with Crippen LogP contribution in [0.25, 0.3) is 0 Å². The lowest BCUT2D eigenvalue weighted by molar-refractivity contribution is -0.384. The Labute approximate surface area is 167 Å². The second kappa shape index (κ2) is 10.5. The fraction of sp³-hybridized carbons (Fsp3) is 0.300. The van der Waals surface area contributed by atoms with E-state index in [2.05, 4.69) is 5.32 Å². The number of carbonyl (C=O) groups excluding carboxylic acids is 2. The Morgan fingerprint density at radius 1 is 1.14 bits per heavy atom. The van der Waals surface area contributed by atoms with Gasteiger partial charge in [-0.1, -0.05) is 36.8 Å². The molecule has 0 aliphatic rings. The number of hydrogen-bond donors (Lipinski definition) is 1. The largest absolute Gasteiger partial charge is 0.455 e. The molecule has 8 heteroatoms. The molecule has 1 amide bonds. The number of esters is 1. The Balaban J connectivity index is 1.75. The number of hydrogen-bond acceptors (Lipinski definition) is 6.